The molecule has 2 aliphatic rings. The van der Waals surface area contributed by atoms with Gasteiger partial charge in [-0.1, -0.05) is 36.4 Å². The molecule has 0 aliphatic carbocycles. The van der Waals surface area contributed by atoms with Crippen molar-refractivity contribution in [3.63, 3.8) is 0 Å². The largest absolute Gasteiger partial charge is 0.456 e. The van der Waals surface area contributed by atoms with E-state index in [4.69, 9.17) is 23.7 Å². The van der Waals surface area contributed by atoms with E-state index in [1.165, 1.54) is 0 Å². The quantitative estimate of drug-likeness (QED) is 0.593. The number of carbonyl (C=O) groups is 2. The third-order valence-electron chi connectivity index (χ3n) is 6.13. The van der Waals surface area contributed by atoms with Gasteiger partial charge in [-0.25, -0.2) is 9.59 Å². The van der Waals surface area contributed by atoms with Crippen LogP contribution in [0, 0.1) is 0 Å². The Labute approximate surface area is 203 Å². The molecule has 2 fully saturated rings. The van der Waals surface area contributed by atoms with E-state index in [-0.39, 0.29) is 12.8 Å². The first-order valence-corrected chi connectivity index (χ1v) is 11.7. The highest BCUT2D eigenvalue weighted by Crippen LogP contribution is 2.30. The maximum atomic E-state index is 12.7. The molecule has 0 saturated carbocycles. The molecule has 188 valence electrons. The van der Waals surface area contributed by atoms with Gasteiger partial charge in [-0.2, -0.15) is 0 Å². The average molecular weight is 487 g/mol. The normalized spacial score (nSPS) is 33.0. The fourth-order valence-electron chi connectivity index (χ4n) is 4.27. The molecule has 35 heavy (non-hydrogen) atoms. The van der Waals surface area contributed by atoms with Gasteiger partial charge in [0, 0.05) is 12.8 Å². The summed E-state index contributed by atoms with van der Waals surface area (Å²) in [6.07, 6.45) is -6.70. The van der Waals surface area contributed by atoms with Crippen LogP contribution in [0.3, 0.4) is 0 Å². The third-order valence-corrected chi connectivity index (χ3v) is 6.13. The summed E-state index contributed by atoms with van der Waals surface area (Å²) in [4.78, 5) is 25.2. The molecule has 0 radical (unpaired) electrons. The minimum absolute atomic E-state index is 0.0440. The molecule has 2 saturated heterocycles. The number of carbonyl (C=O) groups excluding carboxylic acids is 2. The molecule has 0 aromatic heterocycles. The first kappa shape index (κ1) is 25.3. The lowest BCUT2D eigenvalue weighted by Crippen LogP contribution is -2.54. The van der Waals surface area contributed by atoms with Crippen LogP contribution >= 0.6 is 0 Å². The molecule has 0 amide bonds. The van der Waals surface area contributed by atoms with Crippen LogP contribution in [0.5, 0.6) is 0 Å². The van der Waals surface area contributed by atoms with E-state index in [0.717, 1.165) is 0 Å². The molecule has 9 heteroatoms. The van der Waals surface area contributed by atoms with Crippen LogP contribution in [-0.4, -0.2) is 71.4 Å². The molecule has 0 bridgehead atoms. The fourth-order valence-corrected chi connectivity index (χ4v) is 4.27. The van der Waals surface area contributed by atoms with Gasteiger partial charge in [0.1, 0.15) is 18.3 Å². The van der Waals surface area contributed by atoms with Crippen molar-refractivity contribution in [2.24, 2.45) is 0 Å². The monoisotopic (exact) mass is 486 g/mol. The Hall–Kier alpha value is -2.82. The van der Waals surface area contributed by atoms with Gasteiger partial charge in [-0.05, 0) is 38.1 Å². The topological polar surface area (TPSA) is 121 Å². The Kier molecular flexibility index (Phi) is 8.15. The molecule has 0 spiro atoms. The highest BCUT2D eigenvalue weighted by Gasteiger charge is 2.44. The van der Waals surface area contributed by atoms with Crippen molar-refractivity contribution in [2.45, 2.75) is 75.9 Å². The molecule has 2 aliphatic heterocycles. The van der Waals surface area contributed by atoms with E-state index in [2.05, 4.69) is 0 Å². The maximum absolute atomic E-state index is 12.7. The standard InChI is InChI=1S/C26H30O9/c1-15-23(28)19(34-25(29)17-9-5-3-6-10-17)14-22(32-15)33-20-13-21(27)31-16(2)24(20)35-26(30)18-11-7-4-8-12-18/h3-12,15-16,19-24,27-28H,13-14H2,1-2H3/t15-,16-,19+,20-,21-,22+,23-,24-/m1/s1. The fraction of sp³-hybridized carbons (Fsp3) is 0.462. The number of rotatable bonds is 6. The second-order valence-electron chi connectivity index (χ2n) is 8.75. The zero-order valence-corrected chi connectivity index (χ0v) is 19.6. The Morgan fingerprint density at radius 3 is 1.94 bits per heavy atom. The predicted octanol–water partition coefficient (Wildman–Crippen LogP) is 2.45. The number of benzene rings is 2. The molecule has 0 unspecified atom stereocenters. The van der Waals surface area contributed by atoms with Gasteiger partial charge in [-0.15, -0.1) is 0 Å². The highest BCUT2D eigenvalue weighted by molar-refractivity contribution is 5.89. The van der Waals surface area contributed by atoms with Gasteiger partial charge in [0.15, 0.2) is 18.7 Å². The second-order valence-corrected chi connectivity index (χ2v) is 8.75. The predicted molar refractivity (Wildman–Crippen MR) is 122 cm³/mol. The Morgan fingerprint density at radius 2 is 1.34 bits per heavy atom. The van der Waals surface area contributed by atoms with E-state index in [1.807, 2.05) is 0 Å². The lowest BCUT2D eigenvalue weighted by atomic mass is 10.00. The summed E-state index contributed by atoms with van der Waals surface area (Å²) in [6.45, 7) is 3.33. The van der Waals surface area contributed by atoms with Crippen LogP contribution in [0.2, 0.25) is 0 Å². The van der Waals surface area contributed by atoms with E-state index >= 15 is 0 Å². The van der Waals surface area contributed by atoms with E-state index in [9.17, 15) is 19.8 Å². The van der Waals surface area contributed by atoms with Crippen LogP contribution in [0.25, 0.3) is 0 Å². The lowest BCUT2D eigenvalue weighted by molar-refractivity contribution is -0.300. The minimum Gasteiger partial charge on any atom is -0.456 e. The smallest absolute Gasteiger partial charge is 0.338 e. The summed E-state index contributed by atoms with van der Waals surface area (Å²) in [5.41, 5.74) is 0.744. The number of hydrogen-bond acceptors (Lipinski definition) is 9. The minimum atomic E-state index is -1.11. The number of esters is 2. The number of ether oxygens (including phenoxy) is 5. The Bertz CT molecular complexity index is 983. The van der Waals surface area contributed by atoms with Gasteiger partial charge in [0.05, 0.1) is 23.3 Å². The van der Waals surface area contributed by atoms with Crippen molar-refractivity contribution in [1.82, 2.24) is 0 Å². The average Bonchev–Trinajstić information content (AvgIpc) is 2.85. The number of aliphatic hydroxyl groups excluding tert-OH is 2. The Morgan fingerprint density at radius 1 is 0.771 bits per heavy atom. The molecule has 9 nitrogen and oxygen atoms in total. The van der Waals surface area contributed by atoms with Gasteiger partial charge in [-0.3, -0.25) is 0 Å². The van der Waals surface area contributed by atoms with Crippen molar-refractivity contribution in [2.75, 3.05) is 0 Å². The molecule has 2 aromatic rings. The zero-order chi connectivity index (χ0) is 24.9. The van der Waals surface area contributed by atoms with Crippen LogP contribution in [0.4, 0.5) is 0 Å². The lowest BCUT2D eigenvalue weighted by Gasteiger charge is -2.42. The van der Waals surface area contributed by atoms with Gasteiger partial charge < -0.3 is 33.9 Å². The summed E-state index contributed by atoms with van der Waals surface area (Å²) in [6, 6.07) is 17.0. The third kappa shape index (κ3) is 6.25. The molecule has 2 N–H and O–H groups in total. The molecule has 2 aromatic carbocycles. The first-order chi connectivity index (χ1) is 16.8. The van der Waals surface area contributed by atoms with E-state index < -0.39 is 61.1 Å². The van der Waals surface area contributed by atoms with Crippen LogP contribution in [0.1, 0.15) is 47.4 Å². The van der Waals surface area contributed by atoms with Crippen LogP contribution < -0.4 is 0 Å². The van der Waals surface area contributed by atoms with Crippen molar-refractivity contribution in [3.8, 4) is 0 Å². The summed E-state index contributed by atoms with van der Waals surface area (Å²) in [7, 11) is 0. The molecule has 4 rings (SSSR count). The van der Waals surface area contributed by atoms with Crippen molar-refractivity contribution in [3.05, 3.63) is 71.8 Å². The summed E-state index contributed by atoms with van der Waals surface area (Å²) < 4.78 is 28.6. The second kappa shape index (κ2) is 11.3. The van der Waals surface area contributed by atoms with Crippen LogP contribution in [-0.2, 0) is 23.7 Å². The first-order valence-electron chi connectivity index (χ1n) is 11.7. The van der Waals surface area contributed by atoms with Crippen molar-refractivity contribution < 1.29 is 43.5 Å². The zero-order valence-electron chi connectivity index (χ0n) is 19.6. The van der Waals surface area contributed by atoms with Gasteiger partial charge in [0.2, 0.25) is 0 Å². The Balaban J connectivity index is 1.44. The number of aliphatic hydroxyl groups is 2. The maximum Gasteiger partial charge on any atom is 0.338 e. The molecular formula is C26H30O9. The number of hydrogen-bond donors (Lipinski definition) is 2. The van der Waals surface area contributed by atoms with E-state index in [1.54, 1.807) is 74.5 Å². The van der Waals surface area contributed by atoms with E-state index in [0.29, 0.717) is 11.1 Å². The highest BCUT2D eigenvalue weighted by atomic mass is 16.7. The molecule has 2 heterocycles. The van der Waals surface area contributed by atoms with Gasteiger partial charge >= 0.3 is 11.9 Å². The summed E-state index contributed by atoms with van der Waals surface area (Å²) in [5.74, 6) is -1.11. The van der Waals surface area contributed by atoms with Crippen LogP contribution in [0.15, 0.2) is 60.7 Å². The summed E-state index contributed by atoms with van der Waals surface area (Å²) in [5, 5.41) is 20.7. The van der Waals surface area contributed by atoms with Crippen molar-refractivity contribution in [1.29, 1.82) is 0 Å². The molecular weight excluding hydrogens is 456 g/mol. The summed E-state index contributed by atoms with van der Waals surface area (Å²) >= 11 is 0. The van der Waals surface area contributed by atoms with Gasteiger partial charge in [0.25, 0.3) is 0 Å². The van der Waals surface area contributed by atoms with Crippen molar-refractivity contribution >= 4 is 11.9 Å². The SMILES string of the molecule is C[C@H]1O[C@@H](O[C@@H]2C[C@H](O)O[C@H](C)[C@H]2OC(=O)c2ccccc2)C[C@H](OC(=O)c2ccccc2)[C@@H]1O. The molecule has 8 atom stereocenters.